The summed E-state index contributed by atoms with van der Waals surface area (Å²) in [6.07, 6.45) is -22.3. The van der Waals surface area contributed by atoms with Crippen molar-refractivity contribution in [1.29, 1.82) is 0 Å². The van der Waals surface area contributed by atoms with Crippen LogP contribution >= 0.6 is 45.8 Å². The molecule has 0 amide bonds. The first-order valence-corrected chi connectivity index (χ1v) is 55.3. The van der Waals surface area contributed by atoms with Gasteiger partial charge < -0.3 is 100 Å². The number of nitrogens with one attached hydrogen (secondary N) is 5. The summed E-state index contributed by atoms with van der Waals surface area (Å²) in [6, 6.07) is 27.4. The number of anilines is 5. The monoisotopic (exact) mass is 2220 g/mol. The number of hydrogen-bond acceptors (Lipinski definition) is 47. The molecule has 21 N–H and O–H groups in total. The highest BCUT2D eigenvalue weighted by Gasteiger charge is 2.54. The molecule has 17 heterocycles. The minimum Gasteiger partial charge on any atom is -0.382 e. The van der Waals surface area contributed by atoms with Gasteiger partial charge in [-0.05, 0) is 35.4 Å². The highest BCUT2D eigenvalue weighted by atomic mass is 32.5. The first kappa shape index (κ1) is 105. The van der Waals surface area contributed by atoms with Crippen molar-refractivity contribution in [3.8, 4) is 0 Å². The minimum absolute atomic E-state index is 0.0435. The fourth-order valence-electron chi connectivity index (χ4n) is 18.3. The highest BCUT2D eigenvalue weighted by molar-refractivity contribution is 8.07. The van der Waals surface area contributed by atoms with Crippen LogP contribution in [-0.4, -0.2) is 257 Å². The number of nitrogen functional groups attached to an aromatic ring is 5. The zero-order valence-electron chi connectivity index (χ0n) is 77.6. The van der Waals surface area contributed by atoms with Gasteiger partial charge in [-0.3, -0.25) is 122 Å². The molecule has 3 aromatic carbocycles. The van der Waals surface area contributed by atoms with E-state index in [0.717, 1.165) is 46.1 Å². The van der Waals surface area contributed by atoms with Crippen LogP contribution in [0.4, 0.5) is 29.6 Å². The molecule has 150 heavy (non-hydrogen) atoms. The lowest BCUT2D eigenvalue weighted by Gasteiger charge is -2.37. The van der Waals surface area contributed by atoms with Crippen molar-refractivity contribution in [3.63, 3.8) is 0 Å². The maximum absolute atomic E-state index is 14.9. The molecule has 63 nitrogen and oxygen atoms in total. The summed E-state index contributed by atoms with van der Waals surface area (Å²) in [6.45, 7) is -8.31. The molecule has 0 saturated carbocycles. The zero-order valence-corrected chi connectivity index (χ0v) is 83.8. The van der Waals surface area contributed by atoms with E-state index in [-0.39, 0.29) is 91.9 Å². The van der Waals surface area contributed by atoms with Gasteiger partial charge in [-0.2, -0.15) is 19.9 Å². The van der Waals surface area contributed by atoms with Crippen molar-refractivity contribution in [2.75, 3.05) is 75.4 Å². The number of nitrogens with two attached hydrogens (primary N) is 5. The summed E-state index contributed by atoms with van der Waals surface area (Å²) in [5, 5.41) is 0. The second-order valence-corrected chi connectivity index (χ2v) is 44.7. The summed E-state index contributed by atoms with van der Waals surface area (Å²) in [5.74, 6) is -1.54. The second-order valence-electron chi connectivity index (χ2n) is 34.8. The third-order valence-corrected chi connectivity index (χ3v) is 31.9. The van der Waals surface area contributed by atoms with Gasteiger partial charge in [-0.1, -0.05) is 91.0 Å². The number of H-pyrrole nitrogens is 5. The number of benzene rings is 3. The van der Waals surface area contributed by atoms with E-state index in [0.29, 0.717) is 16.7 Å². The summed E-state index contributed by atoms with van der Waals surface area (Å²) in [7, 11) is -27.0. The van der Waals surface area contributed by atoms with Crippen molar-refractivity contribution in [2.24, 2.45) is 0 Å². The molecule has 0 bridgehead atoms. The molecule has 6 fully saturated rings. The molecule has 6 aliphatic heterocycles. The Morgan fingerprint density at radius 2 is 0.627 bits per heavy atom. The van der Waals surface area contributed by atoms with Crippen LogP contribution in [0.3, 0.4) is 0 Å². The van der Waals surface area contributed by atoms with Crippen LogP contribution in [0.5, 0.6) is 0 Å². The van der Waals surface area contributed by atoms with Gasteiger partial charge in [0.15, 0.2) is 56.1 Å². The van der Waals surface area contributed by atoms with Crippen LogP contribution in [0.1, 0.15) is 98.1 Å². The Morgan fingerprint density at radius 3 is 0.920 bits per heavy atom. The van der Waals surface area contributed by atoms with E-state index in [9.17, 15) is 81.0 Å². The molecular formula is C80H91N27O36P6S. The largest absolute Gasteiger partial charge is 0.472 e. The number of rotatable bonds is 40. The predicted octanol–water partition coefficient (Wildman–Crippen LogP) is 2.62. The van der Waals surface area contributed by atoms with Crippen LogP contribution < -0.4 is 62.2 Å². The average Bonchev–Trinajstić information content (AvgIpc) is 1.19. The quantitative estimate of drug-likeness (QED) is 0.0194. The predicted molar refractivity (Wildman–Crippen MR) is 514 cm³/mol. The summed E-state index contributed by atoms with van der Waals surface area (Å²) >= 11 is 5.14. The van der Waals surface area contributed by atoms with E-state index in [4.69, 9.17) is 128 Å². The lowest BCUT2D eigenvalue weighted by atomic mass is 9.80. The molecule has 14 aromatic rings. The Kier molecular flexibility index (Phi) is 29.4. The summed E-state index contributed by atoms with van der Waals surface area (Å²) in [5.41, 5.74) is 24.3. The molecule has 798 valence electrons. The van der Waals surface area contributed by atoms with E-state index in [1.807, 2.05) is 91.0 Å². The average molecular weight is 2220 g/mol. The van der Waals surface area contributed by atoms with Gasteiger partial charge in [-0.15, -0.1) is 0 Å². The van der Waals surface area contributed by atoms with Crippen molar-refractivity contribution in [3.05, 3.63) is 220 Å². The number of ether oxygens (including phenoxy) is 7. The fraction of sp³-hybridized carbons (Fsp3) is 0.412. The smallest absolute Gasteiger partial charge is 0.382 e. The Morgan fingerprint density at radius 1 is 0.360 bits per heavy atom. The first-order valence-electron chi connectivity index (χ1n) is 45.2. The van der Waals surface area contributed by atoms with E-state index >= 15 is 0 Å². The van der Waals surface area contributed by atoms with Gasteiger partial charge >= 0.3 is 51.5 Å². The van der Waals surface area contributed by atoms with Gasteiger partial charge in [0.05, 0.1) is 77.4 Å². The van der Waals surface area contributed by atoms with Crippen LogP contribution in [0, 0.1) is 6.92 Å². The van der Waals surface area contributed by atoms with E-state index in [1.54, 1.807) is 0 Å². The van der Waals surface area contributed by atoms with Crippen LogP contribution in [0.15, 0.2) is 164 Å². The lowest BCUT2D eigenvalue weighted by molar-refractivity contribution is -0.0952. The fourth-order valence-corrected chi connectivity index (χ4v) is 24.1. The van der Waals surface area contributed by atoms with Crippen molar-refractivity contribution < 1.29 is 140 Å². The number of aryl methyl sites for hydroxylation is 1. The third kappa shape index (κ3) is 22.3. The van der Waals surface area contributed by atoms with Crippen LogP contribution in [-0.2, 0) is 128 Å². The Labute approximate surface area is 842 Å². The number of imidazole rings is 5. The molecule has 11 aromatic heterocycles. The molecule has 0 radical (unpaired) electrons. The summed E-state index contributed by atoms with van der Waals surface area (Å²) in [4.78, 5) is 206. The molecule has 6 aliphatic rings. The van der Waals surface area contributed by atoms with Crippen LogP contribution in [0.2, 0.25) is 0 Å². The van der Waals surface area contributed by atoms with Gasteiger partial charge in [0.1, 0.15) is 122 Å². The third-order valence-electron chi connectivity index (χ3n) is 25.1. The number of phosphoric acid groups is 5. The maximum atomic E-state index is 14.9. The molecule has 6 saturated heterocycles. The highest BCUT2D eigenvalue weighted by Crippen LogP contribution is 2.58. The maximum Gasteiger partial charge on any atom is 0.472 e. The number of fused-ring (bicyclic) bond motifs is 5. The first-order chi connectivity index (χ1) is 71.5. The van der Waals surface area contributed by atoms with Gasteiger partial charge in [-0.25, -0.2) is 62.5 Å². The van der Waals surface area contributed by atoms with Gasteiger partial charge in [0, 0.05) is 57.4 Å². The molecule has 70 heteroatoms. The van der Waals surface area contributed by atoms with Gasteiger partial charge in [0.2, 0.25) is 23.8 Å². The topological polar surface area (TPSA) is 865 Å². The van der Waals surface area contributed by atoms with E-state index in [1.165, 1.54) is 39.5 Å². The van der Waals surface area contributed by atoms with Crippen molar-refractivity contribution in [2.45, 2.75) is 162 Å². The normalized spacial score (nSPS) is 26.7. The molecule has 20 rings (SSSR count). The summed E-state index contributed by atoms with van der Waals surface area (Å²) < 4.78 is 194. The molecule has 7 unspecified atom stereocenters. The molecule has 24 atom stereocenters. The number of nitrogens with zero attached hydrogens (tertiary/aromatic N) is 17. The molecule has 0 aliphatic carbocycles. The van der Waals surface area contributed by atoms with Crippen LogP contribution in [0.25, 0.3) is 55.8 Å². The van der Waals surface area contributed by atoms with Crippen molar-refractivity contribution in [1.82, 2.24) is 107 Å². The zero-order chi connectivity index (χ0) is 106. The standard InChI is InChI=1S/C80H91N27O36P6S/c1-37-24-102(79(113)101-70(37)108)53-18-41(47(132-53)25-126-80(38-12-6-3-7-13-38,39-14-8-4-9-15-39)40-16-10-5-11-17-40)138-144(114,115)127-27-49-43(20-55(134-49)104-33-89-60-66(104)93-75(82)97-71(60)109)141-146(118,119)129-29-51-45(22-57(136-51)106-35-91-62-68(106)95-77(84)99-73(62)111)142-147(120,121)130-28-50-44(21-56(135-50)105-34-90-61-67(105)94-76(83)98-72(61)110)140-145(116,117)128-26-48-42(19-54(133-48)103-32-88-59-64(81)86-31-87-65(59)103)139-148(122,123)131-30-52-46(143-149(124,150)125-2)23-58(137-52)107-36-92-63-69(107)96-78(85)100-74(63)112/h3-17,24,31-36,41-58H,18-23,25-30H2,1-2H3,(H,114,115)(H,116,117)(H,118,119)(H,120,121)(H,122,123)(H,124,150)(H2,81,86,87)(H,101,108,113)(H3,82,93,97,109)(H3,83,94,98,110)(H3,84,95,99,111)(H3,85,96,100,112)/t41-,42-,43-,44-,45-,46-,47+,48+,49+,50+,51+,52+,53+,54?,55+,56+,57+,58+,149?/m0/s1. The molecule has 0 spiro atoms. The Balaban J connectivity index is 0.543. The number of aromatic amines is 5. The SMILES string of the molecule is COP(O)(=S)O[C@H]1C[C@H](n2cnc3c(=O)[nH]c(N)nc32)O[C@@H]1COP(=O)(O)O[C@H]1CC(n2cnc3c(N)ncnc32)O[C@@H]1COP(=O)(O)O[C@H]1C[C@H](n2cnc3c(=O)[nH]c(N)nc32)O[C@@H]1COP(=O)(O)O[C@H]1C[C@H](n2cnc3c(=O)[nH]c(N)nc32)O[C@@H]1COP(=O)(O)O[C@H]1C[C@H](n2cnc3c(=O)[nH]c(N)nc32)O[C@@H]1COP(=O)(O)O[C@H]1C[C@H](n2cc(C)c(=O)[nH]c2=O)O[C@@H]1COC(c1ccccc1)(c1ccccc1)c1ccccc1. The Bertz CT molecular complexity index is 8050. The minimum atomic E-state index is -5.74. The van der Waals surface area contributed by atoms with Crippen molar-refractivity contribution >= 4 is 143 Å². The number of phosphoric ester groups is 5. The molecular weight excluding hydrogens is 2130 g/mol. The second kappa shape index (κ2) is 41.9. The van der Waals surface area contributed by atoms with E-state index in [2.05, 4.69) is 79.7 Å². The lowest BCUT2D eigenvalue weighted by Crippen LogP contribution is -2.38. The van der Waals surface area contributed by atoms with E-state index < -0.39 is 273 Å². The van der Waals surface area contributed by atoms with Gasteiger partial charge in [0.25, 0.3) is 27.8 Å². The number of aromatic nitrogens is 22. The number of hydrogen-bond donors (Lipinski definition) is 16. The Hall–Kier alpha value is -11.9.